The van der Waals surface area contributed by atoms with E-state index in [4.69, 9.17) is 14.5 Å². The zero-order chi connectivity index (χ0) is 20.5. The van der Waals surface area contributed by atoms with Crippen LogP contribution in [0.1, 0.15) is 35.8 Å². The van der Waals surface area contributed by atoms with Gasteiger partial charge in [0.15, 0.2) is 11.8 Å². The number of hydrogen-bond acceptors (Lipinski definition) is 6. The summed E-state index contributed by atoms with van der Waals surface area (Å²) in [5.74, 6) is 2.70. The van der Waals surface area contributed by atoms with Crippen LogP contribution in [-0.4, -0.2) is 65.1 Å². The highest BCUT2D eigenvalue weighted by Crippen LogP contribution is 2.15. The van der Waals surface area contributed by atoms with Crippen molar-refractivity contribution in [2.75, 3.05) is 33.4 Å². The number of ether oxygens (including phenoxy) is 2. The zero-order valence-electron chi connectivity index (χ0n) is 18.0. The fourth-order valence-corrected chi connectivity index (χ4v) is 3.91. The highest BCUT2D eigenvalue weighted by molar-refractivity contribution is 14.0. The smallest absolute Gasteiger partial charge is 0.194 e. The predicted molar refractivity (Wildman–Crippen MR) is 130 cm³/mol. The van der Waals surface area contributed by atoms with Crippen molar-refractivity contribution in [3.63, 3.8) is 0 Å². The van der Waals surface area contributed by atoms with Gasteiger partial charge in [0.2, 0.25) is 0 Å². The van der Waals surface area contributed by atoms with Crippen LogP contribution >= 0.6 is 35.3 Å². The van der Waals surface area contributed by atoms with Crippen LogP contribution in [-0.2, 0) is 29.6 Å². The molecule has 8 nitrogen and oxygen atoms in total. The van der Waals surface area contributed by atoms with Gasteiger partial charge in [-0.2, -0.15) is 0 Å². The normalized spacial score (nSPS) is 15.3. The Morgan fingerprint density at radius 3 is 2.73 bits per heavy atom. The molecule has 0 saturated carbocycles. The van der Waals surface area contributed by atoms with Crippen LogP contribution in [0.15, 0.2) is 22.5 Å². The maximum atomic E-state index is 5.99. The average molecular weight is 548 g/mol. The van der Waals surface area contributed by atoms with Crippen molar-refractivity contribution in [2.45, 2.75) is 45.4 Å². The van der Waals surface area contributed by atoms with Gasteiger partial charge in [0.05, 0.1) is 12.6 Å². The molecule has 1 aliphatic rings. The van der Waals surface area contributed by atoms with E-state index in [9.17, 15) is 0 Å². The third kappa shape index (κ3) is 7.47. The Balaban J connectivity index is 0.00000320. The highest BCUT2D eigenvalue weighted by atomic mass is 127. The van der Waals surface area contributed by atoms with E-state index in [0.717, 1.165) is 69.7 Å². The van der Waals surface area contributed by atoms with E-state index in [0.29, 0.717) is 12.6 Å². The lowest BCUT2D eigenvalue weighted by molar-refractivity contribution is 0.00987. The molecule has 0 amide bonds. The van der Waals surface area contributed by atoms with Gasteiger partial charge in [0, 0.05) is 45.3 Å². The third-order valence-electron chi connectivity index (χ3n) is 5.14. The van der Waals surface area contributed by atoms with Crippen molar-refractivity contribution in [3.8, 4) is 0 Å². The molecule has 0 radical (unpaired) electrons. The molecule has 2 aromatic rings. The average Bonchev–Trinajstić information content (AvgIpc) is 3.37. The number of nitrogens with one attached hydrogen (secondary N) is 1. The molecular weight excluding hydrogens is 515 g/mol. The van der Waals surface area contributed by atoms with Gasteiger partial charge in [-0.05, 0) is 37.6 Å². The zero-order valence-corrected chi connectivity index (χ0v) is 21.2. The quantitative estimate of drug-likeness (QED) is 0.225. The lowest BCUT2D eigenvalue weighted by Crippen LogP contribution is -2.46. The number of hydrogen-bond donors (Lipinski definition) is 1. The van der Waals surface area contributed by atoms with Crippen molar-refractivity contribution in [1.82, 2.24) is 25.0 Å². The lowest BCUT2D eigenvalue weighted by atomic mass is 10.1. The van der Waals surface area contributed by atoms with E-state index in [1.165, 1.54) is 4.88 Å². The molecule has 10 heteroatoms. The van der Waals surface area contributed by atoms with Gasteiger partial charge in [-0.25, -0.2) is 4.99 Å². The number of rotatable bonds is 9. The largest absolute Gasteiger partial charge is 0.385 e. The first kappa shape index (κ1) is 25.0. The Morgan fingerprint density at radius 1 is 1.30 bits per heavy atom. The summed E-state index contributed by atoms with van der Waals surface area (Å²) in [6.45, 7) is 6.63. The maximum Gasteiger partial charge on any atom is 0.194 e. The van der Waals surface area contributed by atoms with Gasteiger partial charge in [0.25, 0.3) is 0 Å². The summed E-state index contributed by atoms with van der Waals surface area (Å²) in [6.07, 6.45) is 3.29. The second-order valence-electron chi connectivity index (χ2n) is 7.20. The molecular formula is C20H33IN6O2S. The van der Waals surface area contributed by atoms with E-state index in [1.54, 1.807) is 18.4 Å². The van der Waals surface area contributed by atoms with Gasteiger partial charge in [-0.3, -0.25) is 0 Å². The summed E-state index contributed by atoms with van der Waals surface area (Å²) in [5, 5.41) is 14.0. The number of likely N-dealkylation sites (tertiary alicyclic amines) is 1. The Morgan fingerprint density at radius 2 is 2.10 bits per heavy atom. The van der Waals surface area contributed by atoms with Crippen LogP contribution in [0.5, 0.6) is 0 Å². The molecule has 0 bridgehead atoms. The minimum atomic E-state index is 0. The molecule has 0 unspecified atom stereocenters. The molecule has 1 saturated heterocycles. The van der Waals surface area contributed by atoms with Gasteiger partial charge in [-0.15, -0.1) is 45.5 Å². The Hall–Kier alpha value is -1.24. The number of nitrogens with zero attached hydrogens (tertiary/aromatic N) is 5. The first-order valence-electron chi connectivity index (χ1n) is 10.2. The summed E-state index contributed by atoms with van der Waals surface area (Å²) in [5.41, 5.74) is 0. The number of guanidine groups is 1. The highest BCUT2D eigenvalue weighted by Gasteiger charge is 2.22. The van der Waals surface area contributed by atoms with Crippen molar-refractivity contribution in [3.05, 3.63) is 34.0 Å². The number of piperidine rings is 1. The summed E-state index contributed by atoms with van der Waals surface area (Å²) in [7, 11) is 3.70. The number of aliphatic imine (C=N–C) groups is 1. The second-order valence-corrected chi connectivity index (χ2v) is 8.23. The molecule has 0 aromatic carbocycles. The van der Waals surface area contributed by atoms with Crippen molar-refractivity contribution in [2.24, 2.45) is 12.0 Å². The predicted octanol–water partition coefficient (Wildman–Crippen LogP) is 2.97. The van der Waals surface area contributed by atoms with Crippen molar-refractivity contribution < 1.29 is 9.47 Å². The van der Waals surface area contributed by atoms with Crippen molar-refractivity contribution >= 4 is 41.3 Å². The molecule has 0 aliphatic carbocycles. The first-order valence-corrected chi connectivity index (χ1v) is 11.1. The molecule has 30 heavy (non-hydrogen) atoms. The Bertz CT molecular complexity index is 759. The minimum Gasteiger partial charge on any atom is -0.385 e. The summed E-state index contributed by atoms with van der Waals surface area (Å²) in [4.78, 5) is 8.48. The van der Waals surface area contributed by atoms with E-state index in [1.807, 2.05) is 18.5 Å². The summed E-state index contributed by atoms with van der Waals surface area (Å²) >= 11 is 1.75. The maximum absolute atomic E-state index is 5.99. The lowest BCUT2D eigenvalue weighted by Gasteiger charge is -2.34. The van der Waals surface area contributed by atoms with Crippen LogP contribution in [0.25, 0.3) is 0 Å². The molecule has 168 valence electrons. The fourth-order valence-electron chi connectivity index (χ4n) is 3.27. The number of aryl methyl sites for hydroxylation is 1. The summed E-state index contributed by atoms with van der Waals surface area (Å²) < 4.78 is 13.1. The molecule has 0 atom stereocenters. The fraction of sp³-hybridized carbons (Fsp3) is 0.650. The molecule has 3 rings (SSSR count). The van der Waals surface area contributed by atoms with Gasteiger partial charge >= 0.3 is 0 Å². The molecule has 1 N–H and O–H groups in total. The Labute approximate surface area is 200 Å². The second kappa shape index (κ2) is 13.2. The van der Waals surface area contributed by atoms with E-state index < -0.39 is 0 Å². The van der Waals surface area contributed by atoms with Gasteiger partial charge < -0.3 is 24.3 Å². The summed E-state index contributed by atoms with van der Waals surface area (Å²) in [6, 6.07) is 4.22. The number of thiophene rings is 1. The van der Waals surface area contributed by atoms with Crippen molar-refractivity contribution in [1.29, 1.82) is 0 Å². The number of halogens is 1. The number of methoxy groups -OCH3 is 1. The minimum absolute atomic E-state index is 0. The Kier molecular flexibility index (Phi) is 11.0. The van der Waals surface area contributed by atoms with Crippen LogP contribution < -0.4 is 5.32 Å². The van der Waals surface area contributed by atoms with E-state index >= 15 is 0 Å². The van der Waals surface area contributed by atoms with E-state index in [-0.39, 0.29) is 24.0 Å². The SMILES string of the molecule is COCCCOC1CCN(C(=NCc2nnc(C)n2C)NCc2cccs2)CC1.I. The monoisotopic (exact) mass is 548 g/mol. The van der Waals surface area contributed by atoms with Crippen LogP contribution in [0.2, 0.25) is 0 Å². The molecule has 0 spiro atoms. The molecule has 2 aromatic heterocycles. The van der Waals surface area contributed by atoms with Crippen LogP contribution in [0.4, 0.5) is 0 Å². The standard InChI is InChI=1S/C20H32N6O2S.HI/c1-16-23-24-19(25(16)2)15-22-20(21-14-18-6-4-13-29-18)26-9-7-17(8-10-26)28-12-5-11-27-3;/h4,6,13,17H,5,7-12,14-15H2,1-3H3,(H,21,22);1H. The van der Waals surface area contributed by atoms with E-state index in [2.05, 4.69) is 37.9 Å². The molecule has 3 heterocycles. The molecule has 1 fully saturated rings. The van der Waals surface area contributed by atoms with Crippen LogP contribution in [0.3, 0.4) is 0 Å². The van der Waals surface area contributed by atoms with Gasteiger partial charge in [-0.1, -0.05) is 6.07 Å². The van der Waals surface area contributed by atoms with Crippen LogP contribution in [0, 0.1) is 6.92 Å². The third-order valence-corrected chi connectivity index (χ3v) is 6.02. The van der Waals surface area contributed by atoms with Gasteiger partial charge in [0.1, 0.15) is 12.4 Å². The first-order chi connectivity index (χ1) is 14.2. The molecule has 1 aliphatic heterocycles. The number of aromatic nitrogens is 3. The topological polar surface area (TPSA) is 76.8 Å².